The molecule has 0 radical (unpaired) electrons. The van der Waals surface area contributed by atoms with Crippen LogP contribution in [0.3, 0.4) is 0 Å². The van der Waals surface area contributed by atoms with E-state index < -0.39 is 4.92 Å². The monoisotopic (exact) mass is 408 g/mol. The van der Waals surface area contributed by atoms with Crippen LogP contribution in [0.5, 0.6) is 0 Å². The number of nitrogens with zero attached hydrogens (tertiary/aromatic N) is 4. The molecule has 1 heterocycles. The Morgan fingerprint density at radius 2 is 1.86 bits per heavy atom. The van der Waals surface area contributed by atoms with Gasteiger partial charge in [-0.2, -0.15) is 0 Å². The molecule has 3 aromatic rings. The van der Waals surface area contributed by atoms with Crippen LogP contribution in [0.4, 0.5) is 5.69 Å². The van der Waals surface area contributed by atoms with Crippen molar-refractivity contribution in [2.45, 2.75) is 48.7 Å². The van der Waals surface area contributed by atoms with E-state index in [1.54, 1.807) is 36.4 Å². The maximum absolute atomic E-state index is 12.7. The van der Waals surface area contributed by atoms with E-state index in [0.717, 1.165) is 18.7 Å². The molecule has 1 aromatic heterocycles. The molecular formula is C21H20N4O3S. The van der Waals surface area contributed by atoms with Crippen molar-refractivity contribution in [3.8, 4) is 0 Å². The normalized spacial score (nSPS) is 13.6. The van der Waals surface area contributed by atoms with Crippen LogP contribution in [0.25, 0.3) is 0 Å². The highest BCUT2D eigenvalue weighted by molar-refractivity contribution is 7.99. The van der Waals surface area contributed by atoms with Crippen molar-refractivity contribution >= 4 is 23.2 Å². The van der Waals surface area contributed by atoms with Gasteiger partial charge in [-0.1, -0.05) is 44.2 Å². The third-order valence-corrected chi connectivity index (χ3v) is 5.80. The van der Waals surface area contributed by atoms with Crippen LogP contribution in [0, 0.1) is 10.1 Å². The van der Waals surface area contributed by atoms with E-state index >= 15 is 0 Å². The van der Waals surface area contributed by atoms with Gasteiger partial charge in [0.15, 0.2) is 10.9 Å². The van der Waals surface area contributed by atoms with Crippen LogP contribution in [-0.2, 0) is 0 Å². The van der Waals surface area contributed by atoms with Crippen LogP contribution < -0.4 is 0 Å². The second kappa shape index (κ2) is 7.79. The summed E-state index contributed by atoms with van der Waals surface area (Å²) in [4.78, 5) is 24.4. The van der Waals surface area contributed by atoms with Crippen molar-refractivity contribution in [3.05, 3.63) is 75.6 Å². The fourth-order valence-corrected chi connectivity index (χ4v) is 4.16. The van der Waals surface area contributed by atoms with Crippen molar-refractivity contribution in [3.63, 3.8) is 0 Å². The molecule has 0 saturated heterocycles. The van der Waals surface area contributed by atoms with Gasteiger partial charge in [0.05, 0.1) is 9.82 Å². The molecule has 1 saturated carbocycles. The van der Waals surface area contributed by atoms with Crippen molar-refractivity contribution in [2.75, 3.05) is 0 Å². The van der Waals surface area contributed by atoms with Gasteiger partial charge in [0.25, 0.3) is 5.69 Å². The average molecular weight is 408 g/mol. The van der Waals surface area contributed by atoms with Gasteiger partial charge >= 0.3 is 0 Å². The molecule has 0 unspecified atom stereocenters. The van der Waals surface area contributed by atoms with Gasteiger partial charge in [-0.05, 0) is 36.7 Å². The van der Waals surface area contributed by atoms with Crippen LogP contribution >= 0.6 is 11.8 Å². The molecule has 0 bridgehead atoms. The predicted octanol–water partition coefficient (Wildman–Crippen LogP) is 5.03. The largest absolute Gasteiger partial charge is 0.302 e. The van der Waals surface area contributed by atoms with Gasteiger partial charge in [0, 0.05) is 29.2 Å². The predicted molar refractivity (Wildman–Crippen MR) is 109 cm³/mol. The maximum atomic E-state index is 12.7. The zero-order valence-corrected chi connectivity index (χ0v) is 16.9. The molecule has 148 valence electrons. The smallest absolute Gasteiger partial charge is 0.284 e. The quantitative estimate of drug-likeness (QED) is 0.309. The minimum atomic E-state index is -0.453. The lowest BCUT2D eigenvalue weighted by molar-refractivity contribution is -0.387. The summed E-state index contributed by atoms with van der Waals surface area (Å²) in [5, 5.41) is 20.9. The molecule has 1 aliphatic carbocycles. The number of benzene rings is 2. The molecule has 7 nitrogen and oxygen atoms in total. The van der Waals surface area contributed by atoms with Gasteiger partial charge in [-0.3, -0.25) is 14.9 Å². The van der Waals surface area contributed by atoms with Crippen LogP contribution in [0.1, 0.15) is 60.4 Å². The van der Waals surface area contributed by atoms with Crippen LogP contribution in [0.2, 0.25) is 0 Å². The summed E-state index contributed by atoms with van der Waals surface area (Å²) in [6.07, 6.45) is 2.13. The number of rotatable bonds is 7. The molecule has 1 aliphatic rings. The summed E-state index contributed by atoms with van der Waals surface area (Å²) >= 11 is 1.23. The molecule has 2 aromatic carbocycles. The summed E-state index contributed by atoms with van der Waals surface area (Å²) in [5.74, 6) is 0.875. The Bertz CT molecular complexity index is 1070. The number of aromatic nitrogens is 3. The van der Waals surface area contributed by atoms with Crippen molar-refractivity contribution in [1.82, 2.24) is 14.8 Å². The van der Waals surface area contributed by atoms with E-state index in [-0.39, 0.29) is 17.4 Å². The molecule has 8 heteroatoms. The van der Waals surface area contributed by atoms with Gasteiger partial charge in [-0.25, -0.2) is 0 Å². The fourth-order valence-electron chi connectivity index (χ4n) is 3.17. The molecule has 29 heavy (non-hydrogen) atoms. The number of ketones is 1. The number of carbonyl (C=O) groups is 1. The SMILES string of the molecule is CC(C)c1nnc(Sc2ccc(C(=O)c3ccccc3)cc2[N+](=O)[O-])n1C1CC1. The Hall–Kier alpha value is -3.00. The first-order valence-electron chi connectivity index (χ1n) is 9.46. The summed E-state index contributed by atoms with van der Waals surface area (Å²) < 4.78 is 2.10. The van der Waals surface area contributed by atoms with E-state index in [0.29, 0.717) is 27.2 Å². The minimum Gasteiger partial charge on any atom is -0.302 e. The molecule has 0 aliphatic heterocycles. The second-order valence-corrected chi connectivity index (χ2v) is 8.34. The van der Waals surface area contributed by atoms with Gasteiger partial charge in [0.2, 0.25) is 0 Å². The van der Waals surface area contributed by atoms with Gasteiger partial charge in [0.1, 0.15) is 5.82 Å². The summed E-state index contributed by atoms with van der Waals surface area (Å²) in [7, 11) is 0. The summed E-state index contributed by atoms with van der Waals surface area (Å²) in [5.41, 5.74) is 0.684. The second-order valence-electron chi connectivity index (χ2n) is 7.33. The summed E-state index contributed by atoms with van der Waals surface area (Å²) in [6, 6.07) is 13.7. The molecule has 0 N–H and O–H groups in total. The lowest BCUT2D eigenvalue weighted by atomic mass is 10.0. The highest BCUT2D eigenvalue weighted by Gasteiger charge is 2.31. The first-order valence-corrected chi connectivity index (χ1v) is 10.3. The molecular weight excluding hydrogens is 388 g/mol. The van der Waals surface area contributed by atoms with Crippen molar-refractivity contribution in [2.24, 2.45) is 0 Å². The molecule has 0 spiro atoms. The Labute approximate surface area is 172 Å². The van der Waals surface area contributed by atoms with Crippen LogP contribution in [0.15, 0.2) is 58.6 Å². The molecule has 4 rings (SSSR count). The zero-order chi connectivity index (χ0) is 20.5. The highest BCUT2D eigenvalue weighted by atomic mass is 32.2. The minimum absolute atomic E-state index is 0.103. The van der Waals surface area contributed by atoms with Crippen LogP contribution in [-0.4, -0.2) is 25.5 Å². The lowest BCUT2D eigenvalue weighted by Gasteiger charge is -2.11. The highest BCUT2D eigenvalue weighted by Crippen LogP contribution is 2.43. The van der Waals surface area contributed by atoms with Crippen molar-refractivity contribution < 1.29 is 9.72 Å². The summed E-state index contributed by atoms with van der Waals surface area (Å²) in [6.45, 7) is 4.12. The number of nitro groups is 1. The Balaban J connectivity index is 1.69. The number of nitro benzene ring substituents is 1. The van der Waals surface area contributed by atoms with Gasteiger partial charge < -0.3 is 4.57 Å². The third-order valence-electron chi connectivity index (χ3n) is 4.77. The zero-order valence-electron chi connectivity index (χ0n) is 16.1. The Morgan fingerprint density at radius 3 is 2.48 bits per heavy atom. The number of hydrogen-bond acceptors (Lipinski definition) is 6. The standard InChI is InChI=1S/C21H20N4O3S/c1-13(2)20-22-23-21(24(20)16-9-10-16)29-18-11-8-15(12-17(18)25(27)28)19(26)14-6-4-3-5-7-14/h3-8,11-13,16H,9-10H2,1-2H3. The first-order chi connectivity index (χ1) is 14.0. The van der Waals surface area contributed by atoms with E-state index in [1.807, 2.05) is 6.07 Å². The molecule has 1 fully saturated rings. The maximum Gasteiger partial charge on any atom is 0.284 e. The number of hydrogen-bond donors (Lipinski definition) is 0. The Kier molecular flexibility index (Phi) is 5.19. The average Bonchev–Trinajstić information content (AvgIpc) is 3.47. The van der Waals surface area contributed by atoms with E-state index in [2.05, 4.69) is 28.6 Å². The van der Waals surface area contributed by atoms with Gasteiger partial charge in [-0.15, -0.1) is 10.2 Å². The third kappa shape index (κ3) is 3.93. The van der Waals surface area contributed by atoms with Crippen molar-refractivity contribution in [1.29, 1.82) is 0 Å². The van der Waals surface area contributed by atoms with E-state index in [4.69, 9.17) is 0 Å². The number of carbonyl (C=O) groups excluding carboxylic acids is 1. The topological polar surface area (TPSA) is 90.9 Å². The lowest BCUT2D eigenvalue weighted by Crippen LogP contribution is -2.05. The van der Waals surface area contributed by atoms with E-state index in [9.17, 15) is 14.9 Å². The molecule has 0 amide bonds. The Morgan fingerprint density at radius 1 is 1.14 bits per heavy atom. The van der Waals surface area contributed by atoms with E-state index in [1.165, 1.54) is 17.8 Å². The fraction of sp³-hybridized carbons (Fsp3) is 0.286. The molecule has 0 atom stereocenters. The first kappa shape index (κ1) is 19.3.